The van der Waals surface area contributed by atoms with Crippen LogP contribution in [-0.4, -0.2) is 42.1 Å². The Morgan fingerprint density at radius 2 is 1.70 bits per heavy atom. The molecule has 2 aliphatic rings. The van der Waals surface area contributed by atoms with Crippen LogP contribution in [0.15, 0.2) is 69.2 Å². The number of pyridine rings is 1. The van der Waals surface area contributed by atoms with E-state index in [1.807, 2.05) is 36.4 Å². The van der Waals surface area contributed by atoms with Crippen LogP contribution < -0.4 is 20.9 Å². The van der Waals surface area contributed by atoms with E-state index in [-0.39, 0.29) is 26.0 Å². The molecule has 0 saturated carbocycles. The zero-order valence-electron chi connectivity index (χ0n) is 22.4. The van der Waals surface area contributed by atoms with Gasteiger partial charge in [-0.1, -0.05) is 55.2 Å². The second kappa shape index (κ2) is 10.2. The van der Waals surface area contributed by atoms with E-state index >= 15 is 0 Å². The van der Waals surface area contributed by atoms with Crippen molar-refractivity contribution in [1.29, 1.82) is 0 Å². The number of nitrogens with zero attached hydrogens (tertiary/aromatic N) is 6. The normalized spacial score (nSPS) is 17.5. The van der Waals surface area contributed by atoms with E-state index in [9.17, 15) is 14.4 Å². The molecular weight excluding hydrogens is 544 g/mol. The third kappa shape index (κ3) is 4.29. The summed E-state index contributed by atoms with van der Waals surface area (Å²) < 4.78 is 4.96. The average molecular weight is 573 g/mol. The zero-order valence-corrected chi connectivity index (χ0v) is 24.0. The monoisotopic (exact) mass is 572 g/mol. The highest BCUT2D eigenvalue weighted by Crippen LogP contribution is 2.37. The molecule has 2 saturated heterocycles. The Labute approximate surface area is 240 Å². The molecular formula is C29H28N6O3S2. The van der Waals surface area contributed by atoms with Crippen molar-refractivity contribution in [3.8, 4) is 5.69 Å². The molecule has 1 aromatic carbocycles. The van der Waals surface area contributed by atoms with E-state index in [2.05, 4.69) is 11.8 Å². The summed E-state index contributed by atoms with van der Waals surface area (Å²) in [5.74, 6) is 0.735. The Balaban J connectivity index is 1.46. The molecule has 204 valence electrons. The lowest BCUT2D eigenvalue weighted by Crippen LogP contribution is -2.36. The Bertz CT molecular complexity index is 1810. The number of hydrogen-bond acceptors (Lipinski definition) is 7. The van der Waals surface area contributed by atoms with Gasteiger partial charge in [0.1, 0.15) is 17.2 Å². The summed E-state index contributed by atoms with van der Waals surface area (Å²) in [5.41, 5.74) is 1.77. The predicted molar refractivity (Wildman–Crippen MR) is 163 cm³/mol. The lowest BCUT2D eigenvalue weighted by atomic mass is 9.99. The van der Waals surface area contributed by atoms with Gasteiger partial charge in [-0.25, -0.2) is 9.67 Å². The molecule has 0 bridgehead atoms. The highest BCUT2D eigenvalue weighted by atomic mass is 32.2. The first-order valence-corrected chi connectivity index (χ1v) is 14.4. The summed E-state index contributed by atoms with van der Waals surface area (Å²) in [4.78, 5) is 49.7. The van der Waals surface area contributed by atoms with Crippen molar-refractivity contribution in [3.05, 3.63) is 91.6 Å². The van der Waals surface area contributed by atoms with E-state index in [4.69, 9.17) is 17.2 Å². The van der Waals surface area contributed by atoms with Crippen LogP contribution in [0.5, 0.6) is 0 Å². The van der Waals surface area contributed by atoms with Crippen LogP contribution in [0.4, 0.5) is 11.5 Å². The van der Waals surface area contributed by atoms with Gasteiger partial charge in [-0.3, -0.25) is 28.4 Å². The summed E-state index contributed by atoms with van der Waals surface area (Å²) in [6, 6.07) is 14.7. The number of piperidine rings is 1. The number of hydrogen-bond donors (Lipinski definition) is 0. The Morgan fingerprint density at radius 3 is 2.42 bits per heavy atom. The molecule has 0 unspecified atom stereocenters. The van der Waals surface area contributed by atoms with Crippen LogP contribution in [0.25, 0.3) is 17.4 Å². The Kier molecular flexibility index (Phi) is 6.71. The second-order valence-corrected chi connectivity index (χ2v) is 11.9. The SMILES string of the molecule is Cc1c(N2C(=O)C(=Cc3c(N4CCC(C)CC4)nc4ccccn4c3=O)SC2=S)c(=O)n(-c2ccccc2)n1C. The molecule has 2 aliphatic heterocycles. The molecule has 5 heterocycles. The van der Waals surface area contributed by atoms with Gasteiger partial charge in [-0.15, -0.1) is 0 Å². The van der Waals surface area contributed by atoms with Crippen LogP contribution in [0, 0.1) is 12.8 Å². The molecule has 3 aromatic heterocycles. The van der Waals surface area contributed by atoms with E-state index in [1.165, 1.54) is 14.0 Å². The minimum Gasteiger partial charge on any atom is -0.356 e. The maximum Gasteiger partial charge on any atom is 0.296 e. The van der Waals surface area contributed by atoms with Crippen LogP contribution in [0.3, 0.4) is 0 Å². The number of benzene rings is 1. The van der Waals surface area contributed by atoms with E-state index in [1.54, 1.807) is 43.1 Å². The standard InChI is InChI=1S/C29H28N6O3S2/c1-18-12-15-32(16-13-18)25-21(26(36)33-14-8-7-11-23(33)30-25)17-22-27(37)34(29(39)40-22)24-19(2)31(3)35(28(24)38)20-9-5-4-6-10-20/h4-11,14,17-18H,12-13,15-16H2,1-3H3. The molecule has 0 radical (unpaired) electrons. The van der Waals surface area contributed by atoms with E-state index < -0.39 is 5.91 Å². The van der Waals surface area contributed by atoms with E-state index in [0.29, 0.717) is 34.3 Å². The van der Waals surface area contributed by atoms with Gasteiger partial charge >= 0.3 is 0 Å². The summed E-state index contributed by atoms with van der Waals surface area (Å²) in [6.07, 6.45) is 5.26. The topological polar surface area (TPSA) is 84.9 Å². The highest BCUT2D eigenvalue weighted by Gasteiger charge is 2.38. The molecule has 0 N–H and O–H groups in total. The number of para-hydroxylation sites is 1. The lowest BCUT2D eigenvalue weighted by Gasteiger charge is -2.32. The van der Waals surface area contributed by atoms with Gasteiger partial charge in [0.05, 0.1) is 21.8 Å². The number of aromatic nitrogens is 4. The number of anilines is 2. The van der Waals surface area contributed by atoms with Gasteiger partial charge in [-0.2, -0.15) is 0 Å². The summed E-state index contributed by atoms with van der Waals surface area (Å²) in [5, 5.41) is 0. The minimum atomic E-state index is -0.434. The summed E-state index contributed by atoms with van der Waals surface area (Å²) in [6.45, 7) is 5.57. The van der Waals surface area contributed by atoms with Crippen LogP contribution in [-0.2, 0) is 11.8 Å². The molecule has 4 aromatic rings. The third-order valence-electron chi connectivity index (χ3n) is 7.65. The van der Waals surface area contributed by atoms with Gasteiger partial charge in [0.25, 0.3) is 17.0 Å². The Morgan fingerprint density at radius 1 is 1.00 bits per heavy atom. The molecule has 2 fully saturated rings. The fourth-order valence-corrected chi connectivity index (χ4v) is 6.53. The first-order chi connectivity index (χ1) is 19.3. The molecule has 9 nitrogen and oxygen atoms in total. The first-order valence-electron chi connectivity index (χ1n) is 13.1. The number of carbonyl (C=O) groups is 1. The zero-order chi connectivity index (χ0) is 28.1. The van der Waals surface area contributed by atoms with Crippen LogP contribution in [0.2, 0.25) is 0 Å². The van der Waals surface area contributed by atoms with Gasteiger partial charge in [0.2, 0.25) is 0 Å². The van der Waals surface area contributed by atoms with Gasteiger partial charge < -0.3 is 4.90 Å². The van der Waals surface area contributed by atoms with Gasteiger partial charge in [0.15, 0.2) is 4.32 Å². The number of amides is 1. The minimum absolute atomic E-state index is 0.204. The largest absolute Gasteiger partial charge is 0.356 e. The predicted octanol–water partition coefficient (Wildman–Crippen LogP) is 4.13. The van der Waals surface area contributed by atoms with Crippen LogP contribution >= 0.6 is 24.0 Å². The molecule has 0 spiro atoms. The van der Waals surface area contributed by atoms with Crippen molar-refractivity contribution in [2.45, 2.75) is 26.7 Å². The number of thioether (sulfide) groups is 1. The quantitative estimate of drug-likeness (QED) is 0.269. The van der Waals surface area contributed by atoms with Gasteiger partial charge in [-0.05, 0) is 56.0 Å². The maximum atomic E-state index is 13.8. The number of fused-ring (bicyclic) bond motifs is 1. The summed E-state index contributed by atoms with van der Waals surface area (Å²) >= 11 is 6.71. The highest BCUT2D eigenvalue weighted by molar-refractivity contribution is 8.27. The van der Waals surface area contributed by atoms with Gasteiger partial charge in [0, 0.05) is 26.3 Å². The fraction of sp³-hybridized carbons (Fsp3) is 0.276. The molecule has 6 rings (SSSR count). The van der Waals surface area contributed by atoms with Crippen molar-refractivity contribution in [1.82, 2.24) is 18.7 Å². The Hall–Kier alpha value is -3.96. The number of rotatable bonds is 4. The number of carbonyl (C=O) groups excluding carboxylic acids is 1. The van der Waals surface area contributed by atoms with Crippen molar-refractivity contribution < 1.29 is 4.79 Å². The van der Waals surface area contributed by atoms with Crippen LogP contribution in [0.1, 0.15) is 31.0 Å². The molecule has 40 heavy (non-hydrogen) atoms. The van der Waals surface area contributed by atoms with Crippen molar-refractivity contribution >= 4 is 57.4 Å². The maximum absolute atomic E-state index is 13.8. The smallest absolute Gasteiger partial charge is 0.296 e. The molecule has 0 aliphatic carbocycles. The molecule has 11 heteroatoms. The van der Waals surface area contributed by atoms with E-state index in [0.717, 1.165) is 37.7 Å². The summed E-state index contributed by atoms with van der Waals surface area (Å²) in [7, 11) is 1.77. The number of thiocarbonyl (C=S) groups is 1. The van der Waals surface area contributed by atoms with Crippen molar-refractivity contribution in [2.24, 2.45) is 13.0 Å². The molecule has 1 amide bonds. The lowest BCUT2D eigenvalue weighted by molar-refractivity contribution is -0.113. The third-order valence-corrected chi connectivity index (χ3v) is 8.95. The van der Waals surface area contributed by atoms with Crippen molar-refractivity contribution in [2.75, 3.05) is 22.9 Å². The first kappa shape index (κ1) is 26.3. The second-order valence-electron chi connectivity index (χ2n) is 10.2. The molecule has 0 atom stereocenters. The average Bonchev–Trinajstić information content (AvgIpc) is 3.35. The fourth-order valence-electron chi connectivity index (χ4n) is 5.28. The van der Waals surface area contributed by atoms with Crippen molar-refractivity contribution in [3.63, 3.8) is 0 Å².